The maximum atomic E-state index is 12.1. The summed E-state index contributed by atoms with van der Waals surface area (Å²) in [5.41, 5.74) is 7.47. The van der Waals surface area contributed by atoms with Crippen LogP contribution in [-0.4, -0.2) is 48.6 Å². The van der Waals surface area contributed by atoms with Gasteiger partial charge in [0.2, 0.25) is 0 Å². The van der Waals surface area contributed by atoms with Crippen molar-refractivity contribution in [1.29, 1.82) is 0 Å². The Hall–Kier alpha value is -3.22. The van der Waals surface area contributed by atoms with E-state index < -0.39 is 31.1 Å². The van der Waals surface area contributed by atoms with E-state index in [4.69, 9.17) is 19.7 Å². The first-order valence-electron chi connectivity index (χ1n) is 14.4. The summed E-state index contributed by atoms with van der Waals surface area (Å²) in [6, 6.07) is 13.1. The van der Waals surface area contributed by atoms with Gasteiger partial charge >= 0.3 is 11.9 Å². The first-order chi connectivity index (χ1) is 19.3. The van der Waals surface area contributed by atoms with E-state index in [0.717, 1.165) is 37.7 Å². The van der Waals surface area contributed by atoms with Gasteiger partial charge in [-0.2, -0.15) is 0 Å². The Balaban J connectivity index is 2.18. The van der Waals surface area contributed by atoms with Gasteiger partial charge in [0, 0.05) is 0 Å². The monoisotopic (exact) mass is 550 g/mol. The first kappa shape index (κ1) is 33.0. The Morgan fingerprint density at radius 1 is 0.725 bits per heavy atom. The molecule has 0 saturated heterocycles. The van der Waals surface area contributed by atoms with Crippen LogP contribution < -0.4 is 0 Å². The minimum atomic E-state index is -0.700. The molecule has 0 atom stereocenters. The lowest BCUT2D eigenvalue weighted by atomic mass is 9.91. The zero-order valence-electron chi connectivity index (χ0n) is 24.5. The molecule has 0 amide bonds. The van der Waals surface area contributed by atoms with E-state index in [-0.39, 0.29) is 24.4 Å². The molecule has 218 valence electrons. The summed E-state index contributed by atoms with van der Waals surface area (Å²) in [5, 5.41) is 18.3. The molecule has 2 aromatic rings. The van der Waals surface area contributed by atoms with Crippen molar-refractivity contribution in [2.24, 2.45) is 0 Å². The van der Waals surface area contributed by atoms with Gasteiger partial charge in [0.25, 0.3) is 0 Å². The summed E-state index contributed by atoms with van der Waals surface area (Å²) < 4.78 is 10.7. The number of rotatable bonds is 18. The van der Waals surface area contributed by atoms with Crippen molar-refractivity contribution >= 4 is 11.9 Å². The number of aliphatic hydroxyl groups excluding tert-OH is 2. The molecule has 0 radical (unpaired) electrons. The molecule has 0 aliphatic carbocycles. The molecule has 0 saturated carbocycles. The van der Waals surface area contributed by atoms with E-state index in [0.29, 0.717) is 0 Å². The van der Waals surface area contributed by atoms with E-state index in [9.17, 15) is 9.59 Å². The summed E-state index contributed by atoms with van der Waals surface area (Å²) in [4.78, 5) is 24.2. The molecular weight excluding hydrogens is 504 g/mol. The van der Waals surface area contributed by atoms with Gasteiger partial charge in [0.15, 0.2) is 0 Å². The molecule has 40 heavy (non-hydrogen) atoms. The van der Waals surface area contributed by atoms with Crippen molar-refractivity contribution in [3.63, 3.8) is 0 Å². The number of hydrogen-bond acceptors (Lipinski definition) is 6. The van der Waals surface area contributed by atoms with Crippen molar-refractivity contribution in [2.75, 3.05) is 26.4 Å². The van der Waals surface area contributed by atoms with Gasteiger partial charge in [-0.05, 0) is 71.9 Å². The highest BCUT2D eigenvalue weighted by molar-refractivity contribution is 5.88. The number of benzene rings is 2. The van der Waals surface area contributed by atoms with Gasteiger partial charge in [-0.1, -0.05) is 83.2 Å². The maximum absolute atomic E-state index is 12.1. The smallest absolute Gasteiger partial charge is 0.335 e. The summed E-state index contributed by atoms with van der Waals surface area (Å²) in [6.45, 7) is 12.5. The zero-order chi connectivity index (χ0) is 29.5. The average molecular weight is 551 g/mol. The molecular formula is C34H46O6. The third-order valence-corrected chi connectivity index (χ3v) is 7.26. The van der Waals surface area contributed by atoms with Crippen LogP contribution in [0, 0.1) is 0 Å². The maximum Gasteiger partial charge on any atom is 0.335 e. The highest BCUT2D eigenvalue weighted by Gasteiger charge is 2.20. The van der Waals surface area contributed by atoms with Gasteiger partial charge in [-0.25, -0.2) is 9.59 Å². The predicted octanol–water partition coefficient (Wildman–Crippen LogP) is 5.60. The lowest BCUT2D eigenvalue weighted by Crippen LogP contribution is -2.22. The van der Waals surface area contributed by atoms with E-state index >= 15 is 0 Å². The molecule has 0 spiro atoms. The van der Waals surface area contributed by atoms with Crippen LogP contribution in [0.25, 0.3) is 0 Å². The Morgan fingerprint density at radius 3 is 1.82 bits per heavy atom. The first-order valence-corrected chi connectivity index (χ1v) is 14.4. The quantitative estimate of drug-likeness (QED) is 0.143. The molecule has 6 heteroatoms. The van der Waals surface area contributed by atoms with Crippen LogP contribution in [0.15, 0.2) is 60.7 Å². The van der Waals surface area contributed by atoms with Gasteiger partial charge in [-0.3, -0.25) is 0 Å². The van der Waals surface area contributed by atoms with E-state index in [2.05, 4.69) is 64.3 Å². The number of unbranched alkanes of at least 4 members (excludes halogenated alkanes) is 2. The number of aryl methyl sites for hydroxylation is 5. The Labute approximate surface area is 239 Å². The third-order valence-electron chi connectivity index (χ3n) is 7.26. The fraction of sp³-hybridized carbons (Fsp3) is 0.471. The largest absolute Gasteiger partial charge is 0.461 e. The number of ether oxygens (including phenoxy) is 2. The number of esters is 2. The van der Waals surface area contributed by atoms with Crippen LogP contribution in [0.5, 0.6) is 0 Å². The third kappa shape index (κ3) is 10.1. The van der Waals surface area contributed by atoms with Gasteiger partial charge in [0.05, 0.1) is 30.3 Å². The van der Waals surface area contributed by atoms with Crippen LogP contribution in [0.3, 0.4) is 0 Å². The Morgan fingerprint density at radius 2 is 1.27 bits per heavy atom. The van der Waals surface area contributed by atoms with Crippen LogP contribution >= 0.6 is 0 Å². The minimum Gasteiger partial charge on any atom is -0.461 e. The molecule has 0 heterocycles. The highest BCUT2D eigenvalue weighted by atomic mass is 16.5. The molecule has 0 aromatic heterocycles. The lowest BCUT2D eigenvalue weighted by molar-refractivity contribution is -0.142. The van der Waals surface area contributed by atoms with Gasteiger partial charge < -0.3 is 19.7 Å². The second-order valence-corrected chi connectivity index (χ2v) is 10.2. The Kier molecular flexibility index (Phi) is 14.4. The summed E-state index contributed by atoms with van der Waals surface area (Å²) >= 11 is 0. The number of carbonyl (C=O) groups excluding carboxylic acids is 2. The molecule has 0 aliphatic rings. The fourth-order valence-corrected chi connectivity index (χ4v) is 4.65. The van der Waals surface area contributed by atoms with E-state index in [1.807, 2.05) is 6.07 Å². The standard InChI is InChI=1S/C34H46O6/c1-6-9-10-11-29-14-12-26(18-27(29)7-2)13-15-30-16-17-31(19-28(30)8-3)32(22-39-33(37)24(4)20-35)23-40-34(38)25(5)21-36/h12,14,16-19,32,35-36H,4-11,13,15,20-23H2,1-3H3. The molecule has 6 nitrogen and oxygen atoms in total. The molecule has 0 fully saturated rings. The van der Waals surface area contributed by atoms with E-state index in [1.54, 1.807) is 0 Å². The fourth-order valence-electron chi connectivity index (χ4n) is 4.65. The van der Waals surface area contributed by atoms with Gasteiger partial charge in [-0.15, -0.1) is 0 Å². The molecule has 0 unspecified atom stereocenters. The average Bonchev–Trinajstić information content (AvgIpc) is 2.99. The van der Waals surface area contributed by atoms with Gasteiger partial charge in [0.1, 0.15) is 13.2 Å². The Bertz CT molecular complexity index is 1120. The summed E-state index contributed by atoms with van der Waals surface area (Å²) in [7, 11) is 0. The number of aliphatic hydroxyl groups is 2. The van der Waals surface area contributed by atoms with Crippen LogP contribution in [-0.2, 0) is 51.2 Å². The predicted molar refractivity (Wildman–Crippen MR) is 159 cm³/mol. The highest BCUT2D eigenvalue weighted by Crippen LogP contribution is 2.24. The lowest BCUT2D eigenvalue weighted by Gasteiger charge is -2.20. The summed E-state index contributed by atoms with van der Waals surface area (Å²) in [6.07, 6.45) is 8.60. The topological polar surface area (TPSA) is 93.1 Å². The molecule has 2 N–H and O–H groups in total. The minimum absolute atomic E-state index is 0.0470. The summed E-state index contributed by atoms with van der Waals surface area (Å²) in [5.74, 6) is -1.83. The number of carbonyl (C=O) groups is 2. The van der Waals surface area contributed by atoms with Crippen molar-refractivity contribution in [3.05, 3.63) is 94.1 Å². The molecule has 0 aliphatic heterocycles. The van der Waals surface area contributed by atoms with Crippen molar-refractivity contribution in [3.8, 4) is 0 Å². The molecule has 2 rings (SSSR count). The second kappa shape index (κ2) is 17.5. The van der Waals surface area contributed by atoms with Crippen molar-refractivity contribution < 1.29 is 29.3 Å². The number of hydrogen-bond donors (Lipinski definition) is 2. The van der Waals surface area contributed by atoms with E-state index in [1.165, 1.54) is 47.1 Å². The van der Waals surface area contributed by atoms with Crippen LogP contribution in [0.4, 0.5) is 0 Å². The van der Waals surface area contributed by atoms with Crippen molar-refractivity contribution in [2.45, 2.75) is 78.1 Å². The second-order valence-electron chi connectivity index (χ2n) is 10.2. The van der Waals surface area contributed by atoms with Crippen molar-refractivity contribution in [1.82, 2.24) is 0 Å². The molecule has 0 bridgehead atoms. The zero-order valence-corrected chi connectivity index (χ0v) is 24.5. The normalized spacial score (nSPS) is 10.9. The van der Waals surface area contributed by atoms with Crippen LogP contribution in [0.1, 0.15) is 79.3 Å². The van der Waals surface area contributed by atoms with Crippen LogP contribution in [0.2, 0.25) is 0 Å². The molecule has 2 aromatic carbocycles. The SMILES string of the molecule is C=C(CO)C(=O)OCC(COC(=O)C(=C)CO)c1ccc(CCc2ccc(CCCCC)c(CC)c2)c(CC)c1.